The molecule has 0 unspecified atom stereocenters. The Morgan fingerprint density at radius 1 is 1.19 bits per heavy atom. The van der Waals surface area contributed by atoms with Crippen LogP contribution in [0.15, 0.2) is 48.5 Å². The van der Waals surface area contributed by atoms with Crippen LogP contribution in [-0.4, -0.2) is 29.4 Å². The molecule has 1 aliphatic heterocycles. The van der Waals surface area contributed by atoms with E-state index in [4.69, 9.17) is 10.5 Å². The van der Waals surface area contributed by atoms with Gasteiger partial charge in [-0.3, -0.25) is 14.5 Å². The van der Waals surface area contributed by atoms with Gasteiger partial charge in [-0.15, -0.1) is 0 Å². The summed E-state index contributed by atoms with van der Waals surface area (Å²) < 4.78 is 5.28. The maximum absolute atomic E-state index is 13.0. The van der Waals surface area contributed by atoms with Crippen LogP contribution in [-0.2, 0) is 22.6 Å². The quantitative estimate of drug-likeness (QED) is 0.839. The number of nitrogens with two attached hydrogens (primary N) is 1. The number of hydrogen-bond acceptors (Lipinski definition) is 4. The number of carbonyl (C=O) groups is 3. The SMILES string of the molecule is NC(=O)COc1cccc(CN2C(=O)N[C@H]3c4ccccc4C[C@H]3C2=O)c1. The molecule has 4 rings (SSSR count). The standard InChI is InChI=1S/C20H19N3O4/c21-17(24)11-27-14-6-3-4-12(8-14)10-23-19(25)16-9-13-5-1-2-7-15(13)18(16)22-20(23)26/h1-8,16,18H,9-11H2,(H2,21,24)(H,22,26)/t16-,18+/m1/s1. The van der Waals surface area contributed by atoms with Crippen molar-refractivity contribution in [2.24, 2.45) is 11.7 Å². The van der Waals surface area contributed by atoms with Crippen molar-refractivity contribution in [2.45, 2.75) is 19.0 Å². The highest BCUT2D eigenvalue weighted by Gasteiger charge is 2.45. The molecule has 0 bridgehead atoms. The first-order valence-electron chi connectivity index (χ1n) is 8.72. The van der Waals surface area contributed by atoms with E-state index in [1.165, 1.54) is 4.90 Å². The van der Waals surface area contributed by atoms with E-state index < -0.39 is 11.9 Å². The molecule has 0 radical (unpaired) electrons. The smallest absolute Gasteiger partial charge is 0.324 e. The second-order valence-electron chi connectivity index (χ2n) is 6.76. The fraction of sp³-hybridized carbons (Fsp3) is 0.250. The number of primary amides is 1. The number of rotatable bonds is 5. The molecule has 2 aromatic carbocycles. The molecule has 1 heterocycles. The Labute approximate surface area is 156 Å². The number of benzene rings is 2. The van der Waals surface area contributed by atoms with Crippen molar-refractivity contribution in [3.05, 3.63) is 65.2 Å². The van der Waals surface area contributed by atoms with Gasteiger partial charge < -0.3 is 15.8 Å². The first-order valence-corrected chi connectivity index (χ1v) is 8.72. The largest absolute Gasteiger partial charge is 0.484 e. The summed E-state index contributed by atoms with van der Waals surface area (Å²) in [6.07, 6.45) is 0.623. The Bertz CT molecular complexity index is 927. The predicted octanol–water partition coefficient (Wildman–Crippen LogP) is 1.52. The van der Waals surface area contributed by atoms with Gasteiger partial charge in [-0.2, -0.15) is 0 Å². The van der Waals surface area contributed by atoms with Crippen LogP contribution in [0.1, 0.15) is 22.7 Å². The average Bonchev–Trinajstić information content (AvgIpc) is 3.03. The summed E-state index contributed by atoms with van der Waals surface area (Å²) in [6.45, 7) is -0.0907. The van der Waals surface area contributed by atoms with Gasteiger partial charge in [0.25, 0.3) is 5.91 Å². The summed E-state index contributed by atoms with van der Waals surface area (Å²) >= 11 is 0. The molecule has 2 aromatic rings. The molecular formula is C20H19N3O4. The molecule has 2 atom stereocenters. The minimum absolute atomic E-state index is 0.137. The van der Waals surface area contributed by atoms with Gasteiger partial charge in [-0.25, -0.2) is 4.79 Å². The Morgan fingerprint density at radius 2 is 2.00 bits per heavy atom. The van der Waals surface area contributed by atoms with Crippen molar-refractivity contribution >= 4 is 17.8 Å². The molecule has 1 fully saturated rings. The third-order valence-corrected chi connectivity index (χ3v) is 4.96. The summed E-state index contributed by atoms with van der Waals surface area (Å²) in [5, 5.41) is 2.96. The van der Waals surface area contributed by atoms with Crippen molar-refractivity contribution in [3.8, 4) is 5.75 Å². The molecular weight excluding hydrogens is 346 g/mol. The number of carbonyl (C=O) groups excluding carboxylic acids is 3. The van der Waals surface area contributed by atoms with Gasteiger partial charge in [0.2, 0.25) is 5.91 Å². The Morgan fingerprint density at radius 3 is 2.81 bits per heavy atom. The summed E-state index contributed by atoms with van der Waals surface area (Å²) in [5.41, 5.74) is 7.93. The van der Waals surface area contributed by atoms with E-state index in [2.05, 4.69) is 5.32 Å². The summed E-state index contributed by atoms with van der Waals surface area (Å²) in [4.78, 5) is 37.6. The molecule has 7 heteroatoms. The van der Waals surface area contributed by atoms with Crippen LogP contribution < -0.4 is 15.8 Å². The molecule has 1 aliphatic carbocycles. The van der Waals surface area contributed by atoms with Crippen molar-refractivity contribution in [2.75, 3.05) is 6.61 Å². The fourth-order valence-electron chi connectivity index (χ4n) is 3.73. The number of urea groups is 1. The van der Waals surface area contributed by atoms with Gasteiger partial charge in [0, 0.05) is 0 Å². The Hall–Kier alpha value is -3.35. The molecule has 3 N–H and O–H groups in total. The number of hydrogen-bond donors (Lipinski definition) is 2. The second-order valence-corrected chi connectivity index (χ2v) is 6.76. The van der Waals surface area contributed by atoms with Crippen LogP contribution >= 0.6 is 0 Å². The van der Waals surface area contributed by atoms with E-state index in [1.807, 2.05) is 24.3 Å². The molecule has 2 aliphatic rings. The van der Waals surface area contributed by atoms with Crippen molar-refractivity contribution in [1.29, 1.82) is 0 Å². The first-order chi connectivity index (χ1) is 13.0. The van der Waals surface area contributed by atoms with Crippen LogP contribution in [0.25, 0.3) is 0 Å². The monoisotopic (exact) mass is 365 g/mol. The topological polar surface area (TPSA) is 102 Å². The summed E-state index contributed by atoms with van der Waals surface area (Å²) in [7, 11) is 0. The van der Waals surface area contributed by atoms with E-state index in [-0.39, 0.29) is 31.0 Å². The zero-order valence-corrected chi connectivity index (χ0v) is 14.6. The lowest BCUT2D eigenvalue weighted by Gasteiger charge is -2.34. The van der Waals surface area contributed by atoms with Crippen LogP contribution in [0.4, 0.5) is 4.79 Å². The van der Waals surface area contributed by atoms with Crippen molar-refractivity contribution in [3.63, 3.8) is 0 Å². The molecule has 0 saturated carbocycles. The fourth-order valence-corrected chi connectivity index (χ4v) is 3.73. The predicted molar refractivity (Wildman–Crippen MR) is 96.6 cm³/mol. The minimum atomic E-state index is -0.571. The van der Waals surface area contributed by atoms with Gasteiger partial charge in [-0.1, -0.05) is 36.4 Å². The molecule has 1 saturated heterocycles. The maximum Gasteiger partial charge on any atom is 0.324 e. The van der Waals surface area contributed by atoms with Crippen LogP contribution in [0.3, 0.4) is 0 Å². The molecule has 27 heavy (non-hydrogen) atoms. The van der Waals surface area contributed by atoms with Crippen LogP contribution in [0.5, 0.6) is 5.75 Å². The highest BCUT2D eigenvalue weighted by atomic mass is 16.5. The zero-order valence-electron chi connectivity index (χ0n) is 14.6. The normalized spacial score (nSPS) is 20.7. The van der Waals surface area contributed by atoms with Gasteiger partial charge in [-0.05, 0) is 35.2 Å². The van der Waals surface area contributed by atoms with E-state index >= 15 is 0 Å². The third-order valence-electron chi connectivity index (χ3n) is 4.96. The highest BCUT2D eigenvalue weighted by molar-refractivity contribution is 5.99. The molecule has 0 aromatic heterocycles. The zero-order chi connectivity index (χ0) is 19.0. The number of nitrogens with one attached hydrogen (secondary N) is 1. The van der Waals surface area contributed by atoms with Gasteiger partial charge in [0.15, 0.2) is 6.61 Å². The lowest BCUT2D eigenvalue weighted by atomic mass is 9.96. The lowest BCUT2D eigenvalue weighted by Crippen LogP contribution is -2.54. The number of amides is 4. The van der Waals surface area contributed by atoms with Gasteiger partial charge in [0.1, 0.15) is 5.75 Å². The number of ether oxygens (including phenoxy) is 1. The first kappa shape index (κ1) is 17.1. The average molecular weight is 365 g/mol. The summed E-state index contributed by atoms with van der Waals surface area (Å²) in [5.74, 6) is -0.571. The van der Waals surface area contributed by atoms with Gasteiger partial charge in [0.05, 0.1) is 18.5 Å². The number of fused-ring (bicyclic) bond motifs is 3. The number of nitrogens with zero attached hydrogens (tertiary/aromatic N) is 1. The Kier molecular flexibility index (Phi) is 4.27. The summed E-state index contributed by atoms with van der Waals surface area (Å²) in [6, 6.07) is 14.1. The Balaban J connectivity index is 1.51. The molecule has 7 nitrogen and oxygen atoms in total. The van der Waals surface area contributed by atoms with E-state index in [0.717, 1.165) is 16.7 Å². The van der Waals surface area contributed by atoms with Crippen LogP contribution in [0, 0.1) is 5.92 Å². The van der Waals surface area contributed by atoms with Crippen molar-refractivity contribution in [1.82, 2.24) is 10.2 Å². The minimum Gasteiger partial charge on any atom is -0.484 e. The van der Waals surface area contributed by atoms with E-state index in [1.54, 1.807) is 24.3 Å². The highest BCUT2D eigenvalue weighted by Crippen LogP contribution is 2.39. The van der Waals surface area contributed by atoms with E-state index in [9.17, 15) is 14.4 Å². The van der Waals surface area contributed by atoms with E-state index in [0.29, 0.717) is 12.2 Å². The molecule has 4 amide bonds. The van der Waals surface area contributed by atoms with Crippen molar-refractivity contribution < 1.29 is 19.1 Å². The third kappa shape index (κ3) is 3.23. The maximum atomic E-state index is 13.0. The molecule has 0 spiro atoms. The van der Waals surface area contributed by atoms with Crippen LogP contribution in [0.2, 0.25) is 0 Å². The van der Waals surface area contributed by atoms with Gasteiger partial charge >= 0.3 is 6.03 Å². The second kappa shape index (κ2) is 6.75. The molecule has 138 valence electrons. The lowest BCUT2D eigenvalue weighted by molar-refractivity contribution is -0.135. The number of imide groups is 1.